The zero-order valence-electron chi connectivity index (χ0n) is 14.1. The molecule has 0 unspecified atom stereocenters. The number of aromatic nitrogens is 2. The number of carbonyl (C=O) groups excluding carboxylic acids is 2. The van der Waals surface area contributed by atoms with E-state index in [1.807, 2.05) is 4.90 Å². The van der Waals surface area contributed by atoms with E-state index < -0.39 is 0 Å². The van der Waals surface area contributed by atoms with Gasteiger partial charge in [0.05, 0.1) is 36.8 Å². The summed E-state index contributed by atoms with van der Waals surface area (Å²) in [7, 11) is 1.69. The fraction of sp³-hybridized carbons (Fsp3) is 0.625. The Kier molecular flexibility index (Phi) is 4.40. The molecule has 2 aliphatic rings. The van der Waals surface area contributed by atoms with Crippen LogP contribution in [0.3, 0.4) is 0 Å². The molecule has 1 atom stereocenters. The van der Waals surface area contributed by atoms with E-state index in [0.29, 0.717) is 36.7 Å². The van der Waals surface area contributed by atoms with Crippen LogP contribution < -0.4 is 11.3 Å². The molecule has 24 heavy (non-hydrogen) atoms. The third-order valence-corrected chi connectivity index (χ3v) is 4.93. The average Bonchev–Trinajstić information content (AvgIpc) is 2.95. The van der Waals surface area contributed by atoms with Gasteiger partial charge in [0.1, 0.15) is 5.82 Å². The molecule has 0 radical (unpaired) electrons. The highest BCUT2D eigenvalue weighted by Crippen LogP contribution is 2.24. The Hall–Kier alpha value is -2.22. The van der Waals surface area contributed by atoms with Crippen molar-refractivity contribution in [3.05, 3.63) is 27.4 Å². The van der Waals surface area contributed by atoms with Crippen LogP contribution in [0.25, 0.3) is 0 Å². The first-order chi connectivity index (χ1) is 11.4. The highest BCUT2D eigenvalue weighted by molar-refractivity contribution is 5.80. The Balaban J connectivity index is 1.72. The van der Waals surface area contributed by atoms with Gasteiger partial charge in [0, 0.05) is 13.6 Å². The number of piperidine rings is 1. The fourth-order valence-electron chi connectivity index (χ4n) is 3.56. The molecular formula is C16H23N5O3. The topological polar surface area (TPSA) is 102 Å². The van der Waals surface area contributed by atoms with Crippen molar-refractivity contribution in [3.63, 3.8) is 0 Å². The number of hydrogen-bond donors (Lipinski definition) is 1. The summed E-state index contributed by atoms with van der Waals surface area (Å²) >= 11 is 0. The number of amides is 2. The summed E-state index contributed by atoms with van der Waals surface area (Å²) in [6.45, 7) is 4.01. The summed E-state index contributed by atoms with van der Waals surface area (Å²) in [6, 6.07) is 0. The van der Waals surface area contributed by atoms with E-state index in [1.54, 1.807) is 18.9 Å². The van der Waals surface area contributed by atoms with Crippen molar-refractivity contribution < 1.29 is 9.59 Å². The molecule has 0 saturated carbocycles. The monoisotopic (exact) mass is 333 g/mol. The first kappa shape index (κ1) is 16.6. The lowest BCUT2D eigenvalue weighted by Gasteiger charge is -2.33. The predicted molar refractivity (Wildman–Crippen MR) is 86.8 cm³/mol. The number of rotatable bonds is 3. The van der Waals surface area contributed by atoms with Gasteiger partial charge in [-0.15, -0.1) is 0 Å². The Morgan fingerprint density at radius 2 is 2.08 bits per heavy atom. The van der Waals surface area contributed by atoms with Gasteiger partial charge in [0.2, 0.25) is 11.8 Å². The van der Waals surface area contributed by atoms with Gasteiger partial charge < -0.3 is 10.6 Å². The lowest BCUT2D eigenvalue weighted by atomic mass is 9.96. The molecule has 8 nitrogen and oxygen atoms in total. The zero-order chi connectivity index (χ0) is 17.4. The van der Waals surface area contributed by atoms with E-state index in [-0.39, 0.29) is 29.8 Å². The summed E-state index contributed by atoms with van der Waals surface area (Å²) in [5.41, 5.74) is 6.49. The summed E-state index contributed by atoms with van der Waals surface area (Å²) in [5, 5.41) is 0. The Bertz CT molecular complexity index is 742. The highest BCUT2D eigenvalue weighted by Gasteiger charge is 2.34. The highest BCUT2D eigenvalue weighted by atomic mass is 16.2. The summed E-state index contributed by atoms with van der Waals surface area (Å²) < 4.78 is 1.52. The molecule has 3 rings (SSSR count). The van der Waals surface area contributed by atoms with Crippen LogP contribution in [-0.4, -0.2) is 50.8 Å². The smallest absolute Gasteiger partial charge is 0.258 e. The first-order valence-corrected chi connectivity index (χ1v) is 8.21. The van der Waals surface area contributed by atoms with Crippen LogP contribution in [0.5, 0.6) is 0 Å². The Morgan fingerprint density at radius 1 is 1.33 bits per heavy atom. The van der Waals surface area contributed by atoms with Gasteiger partial charge in [0.25, 0.3) is 5.56 Å². The number of fused-ring (bicyclic) bond motifs is 1. The normalized spacial score (nSPS) is 20.9. The van der Waals surface area contributed by atoms with Crippen LogP contribution in [-0.2, 0) is 29.7 Å². The summed E-state index contributed by atoms with van der Waals surface area (Å²) in [5.74, 6) is 0.150. The number of aryl methyl sites for hydroxylation is 1. The molecule has 1 fully saturated rings. The van der Waals surface area contributed by atoms with E-state index in [9.17, 15) is 14.4 Å². The van der Waals surface area contributed by atoms with E-state index in [1.165, 1.54) is 4.57 Å². The van der Waals surface area contributed by atoms with Crippen LogP contribution in [0, 0.1) is 12.8 Å². The van der Waals surface area contributed by atoms with Crippen LogP contribution in [0.15, 0.2) is 4.79 Å². The second kappa shape index (κ2) is 6.35. The number of carbonyl (C=O) groups is 2. The third-order valence-electron chi connectivity index (χ3n) is 4.93. The number of nitrogens with zero attached hydrogens (tertiary/aromatic N) is 4. The van der Waals surface area contributed by atoms with Crippen molar-refractivity contribution in [1.82, 2.24) is 19.4 Å². The average molecular weight is 333 g/mol. The predicted octanol–water partition coefficient (Wildman–Crippen LogP) is -0.872. The Morgan fingerprint density at radius 3 is 2.79 bits per heavy atom. The SMILES string of the molecule is Cc1nc2c(c(=O)n1C)CN(C(=O)[C@H]1CCCN(CC(N)=O)C1)C2. The molecule has 1 aromatic rings. The fourth-order valence-corrected chi connectivity index (χ4v) is 3.56. The minimum absolute atomic E-state index is 0.0295. The van der Waals surface area contributed by atoms with Crippen molar-refractivity contribution in [2.45, 2.75) is 32.9 Å². The number of nitrogens with two attached hydrogens (primary N) is 1. The molecule has 2 N–H and O–H groups in total. The lowest BCUT2D eigenvalue weighted by molar-refractivity contribution is -0.138. The Labute approximate surface area is 140 Å². The number of hydrogen-bond acceptors (Lipinski definition) is 5. The molecule has 2 amide bonds. The quantitative estimate of drug-likeness (QED) is 0.775. The van der Waals surface area contributed by atoms with E-state index in [4.69, 9.17) is 5.73 Å². The molecule has 1 aromatic heterocycles. The van der Waals surface area contributed by atoms with Crippen molar-refractivity contribution in [2.75, 3.05) is 19.6 Å². The van der Waals surface area contributed by atoms with Crippen LogP contribution >= 0.6 is 0 Å². The first-order valence-electron chi connectivity index (χ1n) is 8.21. The van der Waals surface area contributed by atoms with Gasteiger partial charge in [0.15, 0.2) is 0 Å². The van der Waals surface area contributed by atoms with Gasteiger partial charge in [-0.05, 0) is 26.3 Å². The maximum atomic E-state index is 12.8. The maximum Gasteiger partial charge on any atom is 0.258 e. The summed E-state index contributed by atoms with van der Waals surface area (Å²) in [6.07, 6.45) is 1.66. The molecule has 0 spiro atoms. The van der Waals surface area contributed by atoms with Crippen LogP contribution in [0.1, 0.15) is 29.9 Å². The van der Waals surface area contributed by atoms with E-state index >= 15 is 0 Å². The van der Waals surface area contributed by atoms with Crippen molar-refractivity contribution in [3.8, 4) is 0 Å². The molecule has 0 bridgehead atoms. The zero-order valence-corrected chi connectivity index (χ0v) is 14.1. The second-order valence-corrected chi connectivity index (χ2v) is 6.68. The summed E-state index contributed by atoms with van der Waals surface area (Å²) in [4.78, 5) is 44.3. The molecule has 1 saturated heterocycles. The number of likely N-dealkylation sites (tertiary alicyclic amines) is 1. The third kappa shape index (κ3) is 3.06. The van der Waals surface area contributed by atoms with Gasteiger partial charge in [-0.1, -0.05) is 0 Å². The van der Waals surface area contributed by atoms with Gasteiger partial charge >= 0.3 is 0 Å². The molecular weight excluding hydrogens is 310 g/mol. The minimum Gasteiger partial charge on any atom is -0.369 e. The second-order valence-electron chi connectivity index (χ2n) is 6.68. The van der Waals surface area contributed by atoms with E-state index in [2.05, 4.69) is 4.98 Å². The molecule has 0 aromatic carbocycles. The molecule has 0 aliphatic carbocycles. The molecule has 3 heterocycles. The number of primary amides is 1. The van der Waals surface area contributed by atoms with E-state index in [0.717, 1.165) is 19.4 Å². The largest absolute Gasteiger partial charge is 0.369 e. The molecule has 2 aliphatic heterocycles. The minimum atomic E-state index is -0.375. The van der Waals surface area contributed by atoms with Crippen molar-refractivity contribution in [2.24, 2.45) is 18.7 Å². The molecule has 8 heteroatoms. The standard InChI is InChI=1S/C16H23N5O3/c1-10-18-13-8-21(7-12(13)16(24)19(10)2)15(23)11-4-3-5-20(6-11)9-14(17)22/h11H,3-9H2,1-2H3,(H2,17,22)/t11-/m0/s1. The van der Waals surface area contributed by atoms with Gasteiger partial charge in [-0.25, -0.2) is 4.98 Å². The van der Waals surface area contributed by atoms with Gasteiger partial charge in [-0.2, -0.15) is 0 Å². The van der Waals surface area contributed by atoms with Crippen LogP contribution in [0.4, 0.5) is 0 Å². The maximum absolute atomic E-state index is 12.8. The van der Waals surface area contributed by atoms with Crippen molar-refractivity contribution >= 4 is 11.8 Å². The molecule has 130 valence electrons. The lowest BCUT2D eigenvalue weighted by Crippen LogP contribution is -2.46. The van der Waals surface area contributed by atoms with Crippen LogP contribution in [0.2, 0.25) is 0 Å². The van der Waals surface area contributed by atoms with Gasteiger partial charge in [-0.3, -0.25) is 23.9 Å². The van der Waals surface area contributed by atoms with Crippen molar-refractivity contribution in [1.29, 1.82) is 0 Å².